The highest BCUT2D eigenvalue weighted by atomic mass is 35.5. The van der Waals surface area contributed by atoms with Gasteiger partial charge in [-0.15, -0.1) is 0 Å². The van der Waals surface area contributed by atoms with Crippen LogP contribution in [0.2, 0.25) is 10.0 Å². The molecular formula is C26H18Cl2N4O2. The van der Waals surface area contributed by atoms with Crippen molar-refractivity contribution < 1.29 is 9.84 Å². The summed E-state index contributed by atoms with van der Waals surface area (Å²) in [5.74, 6) is 0.437. The van der Waals surface area contributed by atoms with Crippen LogP contribution in [-0.2, 0) is 12.6 Å². The summed E-state index contributed by atoms with van der Waals surface area (Å²) < 4.78 is 7.88. The molecule has 8 heteroatoms. The molecule has 0 aliphatic carbocycles. The van der Waals surface area contributed by atoms with Crippen molar-refractivity contribution in [2.45, 2.75) is 5.60 Å². The summed E-state index contributed by atoms with van der Waals surface area (Å²) in [4.78, 5) is 4.14. The van der Waals surface area contributed by atoms with Crippen molar-refractivity contribution in [3.63, 3.8) is 0 Å². The Morgan fingerprint density at radius 1 is 0.971 bits per heavy atom. The van der Waals surface area contributed by atoms with Gasteiger partial charge >= 0.3 is 0 Å². The maximum absolute atomic E-state index is 11.8. The number of halogens is 2. The Hall–Kier alpha value is -3.81. The van der Waals surface area contributed by atoms with Gasteiger partial charge in [0, 0.05) is 22.7 Å². The standard InChI is InChI=1S/C26H18Cl2N4O2/c1-32-16-31-14-25(32)26(33,20-5-2-17(12-29)3-6-20)15-34-24-7-4-18(13-30)8-23(24)19-9-21(27)11-22(28)10-19/h2-11,14,16,33H,15H2,1H3. The van der Waals surface area contributed by atoms with Crippen molar-refractivity contribution in [3.8, 4) is 29.0 Å². The third-order valence-electron chi connectivity index (χ3n) is 5.45. The largest absolute Gasteiger partial charge is 0.489 e. The summed E-state index contributed by atoms with van der Waals surface area (Å²) in [6, 6.07) is 20.9. The van der Waals surface area contributed by atoms with E-state index in [1.807, 2.05) is 0 Å². The number of nitriles is 2. The number of hydrogen-bond donors (Lipinski definition) is 1. The predicted molar refractivity (Wildman–Crippen MR) is 129 cm³/mol. The second kappa shape index (κ2) is 9.59. The first-order valence-corrected chi connectivity index (χ1v) is 10.9. The van der Waals surface area contributed by atoms with E-state index in [0.29, 0.717) is 49.3 Å². The Balaban J connectivity index is 1.77. The van der Waals surface area contributed by atoms with Crippen molar-refractivity contribution in [3.05, 3.63) is 106 Å². The van der Waals surface area contributed by atoms with Gasteiger partial charge < -0.3 is 14.4 Å². The third kappa shape index (κ3) is 4.62. The Kier molecular flexibility index (Phi) is 6.58. The van der Waals surface area contributed by atoms with E-state index in [4.69, 9.17) is 33.2 Å². The molecule has 0 saturated heterocycles. The van der Waals surface area contributed by atoms with Crippen LogP contribution in [0.1, 0.15) is 22.4 Å². The first-order valence-electron chi connectivity index (χ1n) is 10.2. The van der Waals surface area contributed by atoms with Crippen LogP contribution in [0.4, 0.5) is 0 Å². The lowest BCUT2D eigenvalue weighted by molar-refractivity contribution is 0.0218. The molecule has 6 nitrogen and oxygen atoms in total. The fraction of sp³-hybridized carbons (Fsp3) is 0.115. The minimum Gasteiger partial charge on any atom is -0.489 e. The van der Waals surface area contributed by atoms with Gasteiger partial charge in [0.25, 0.3) is 0 Å². The molecule has 1 N–H and O–H groups in total. The lowest BCUT2D eigenvalue weighted by Gasteiger charge is -2.29. The molecule has 34 heavy (non-hydrogen) atoms. The summed E-state index contributed by atoms with van der Waals surface area (Å²) >= 11 is 12.4. The summed E-state index contributed by atoms with van der Waals surface area (Å²) in [5.41, 5.74) is 1.67. The summed E-state index contributed by atoms with van der Waals surface area (Å²) in [6.07, 6.45) is 3.16. The van der Waals surface area contributed by atoms with Crippen LogP contribution in [0.25, 0.3) is 11.1 Å². The molecule has 0 fully saturated rings. The van der Waals surface area contributed by atoms with Crippen LogP contribution in [0, 0.1) is 22.7 Å². The van der Waals surface area contributed by atoms with E-state index in [2.05, 4.69) is 17.1 Å². The quantitative estimate of drug-likeness (QED) is 0.389. The molecule has 0 spiro atoms. The normalized spacial score (nSPS) is 12.4. The van der Waals surface area contributed by atoms with Crippen molar-refractivity contribution in [1.82, 2.24) is 9.55 Å². The number of benzene rings is 3. The van der Waals surface area contributed by atoms with E-state index in [1.165, 1.54) is 0 Å². The molecule has 0 bridgehead atoms. The molecule has 0 saturated carbocycles. The molecule has 4 rings (SSSR count). The van der Waals surface area contributed by atoms with Gasteiger partial charge in [0.05, 0.1) is 41.5 Å². The minimum atomic E-state index is -1.57. The Morgan fingerprint density at radius 2 is 1.62 bits per heavy atom. The van der Waals surface area contributed by atoms with Crippen LogP contribution in [0.3, 0.4) is 0 Å². The zero-order valence-corrected chi connectivity index (χ0v) is 19.5. The molecule has 0 radical (unpaired) electrons. The molecule has 3 aromatic carbocycles. The molecule has 4 aromatic rings. The molecule has 0 aliphatic heterocycles. The molecule has 0 amide bonds. The number of ether oxygens (including phenoxy) is 1. The highest BCUT2D eigenvalue weighted by Crippen LogP contribution is 2.37. The van der Waals surface area contributed by atoms with Gasteiger partial charge in [-0.3, -0.25) is 0 Å². The van der Waals surface area contributed by atoms with Crippen molar-refractivity contribution in [2.24, 2.45) is 7.05 Å². The molecule has 168 valence electrons. The van der Waals surface area contributed by atoms with Gasteiger partial charge in [-0.2, -0.15) is 10.5 Å². The summed E-state index contributed by atoms with van der Waals surface area (Å²) in [5, 5.41) is 31.3. The Labute approximate surface area is 206 Å². The van der Waals surface area contributed by atoms with E-state index in [-0.39, 0.29) is 6.61 Å². The zero-order chi connectivity index (χ0) is 24.3. The van der Waals surface area contributed by atoms with Crippen LogP contribution in [0.15, 0.2) is 73.2 Å². The Bertz CT molecular complexity index is 1410. The molecule has 1 aromatic heterocycles. The number of rotatable bonds is 6. The van der Waals surface area contributed by atoms with E-state index in [9.17, 15) is 10.4 Å². The van der Waals surface area contributed by atoms with E-state index in [1.54, 1.807) is 84.8 Å². The lowest BCUT2D eigenvalue weighted by Crippen LogP contribution is -2.36. The third-order valence-corrected chi connectivity index (χ3v) is 5.89. The number of aryl methyl sites for hydroxylation is 1. The maximum Gasteiger partial charge on any atom is 0.165 e. The molecular weight excluding hydrogens is 471 g/mol. The summed E-state index contributed by atoms with van der Waals surface area (Å²) in [6.45, 7) is -0.161. The second-order valence-electron chi connectivity index (χ2n) is 7.71. The molecule has 0 aliphatic rings. The molecule has 1 atom stereocenters. The van der Waals surface area contributed by atoms with Crippen molar-refractivity contribution >= 4 is 23.2 Å². The topological polar surface area (TPSA) is 94.9 Å². The average molecular weight is 489 g/mol. The van der Waals surface area contributed by atoms with E-state index >= 15 is 0 Å². The number of nitrogens with zero attached hydrogens (tertiary/aromatic N) is 4. The zero-order valence-electron chi connectivity index (χ0n) is 18.0. The second-order valence-corrected chi connectivity index (χ2v) is 8.58. The first kappa shape index (κ1) is 23.4. The lowest BCUT2D eigenvalue weighted by atomic mass is 9.90. The average Bonchev–Trinajstić information content (AvgIpc) is 3.28. The van der Waals surface area contributed by atoms with Gasteiger partial charge in [-0.1, -0.05) is 35.3 Å². The molecule has 1 heterocycles. The van der Waals surface area contributed by atoms with Crippen LogP contribution in [0.5, 0.6) is 5.75 Å². The van der Waals surface area contributed by atoms with Gasteiger partial charge in [-0.25, -0.2) is 4.98 Å². The SMILES string of the molecule is Cn1cncc1C(O)(COc1ccc(C#N)cc1-c1cc(Cl)cc(Cl)c1)c1ccc(C#N)cc1. The van der Waals surface area contributed by atoms with Crippen molar-refractivity contribution in [1.29, 1.82) is 10.5 Å². The van der Waals surface area contributed by atoms with Gasteiger partial charge in [0.1, 0.15) is 12.4 Å². The van der Waals surface area contributed by atoms with Gasteiger partial charge in [-0.05, 0) is 59.7 Å². The fourth-order valence-electron chi connectivity index (χ4n) is 3.72. The molecule has 1 unspecified atom stereocenters. The van der Waals surface area contributed by atoms with E-state index < -0.39 is 5.60 Å². The monoisotopic (exact) mass is 488 g/mol. The highest BCUT2D eigenvalue weighted by Gasteiger charge is 2.36. The van der Waals surface area contributed by atoms with E-state index in [0.717, 1.165) is 0 Å². The van der Waals surface area contributed by atoms with Crippen LogP contribution < -0.4 is 4.74 Å². The van der Waals surface area contributed by atoms with Crippen LogP contribution in [-0.4, -0.2) is 21.3 Å². The minimum absolute atomic E-state index is 0.161. The van der Waals surface area contributed by atoms with Crippen LogP contribution >= 0.6 is 23.2 Å². The smallest absolute Gasteiger partial charge is 0.165 e. The van der Waals surface area contributed by atoms with Crippen molar-refractivity contribution in [2.75, 3.05) is 6.61 Å². The maximum atomic E-state index is 11.8. The number of imidazole rings is 1. The van der Waals surface area contributed by atoms with Gasteiger partial charge in [0.2, 0.25) is 0 Å². The first-order chi connectivity index (χ1) is 16.3. The number of aliphatic hydroxyl groups is 1. The number of aromatic nitrogens is 2. The summed E-state index contributed by atoms with van der Waals surface area (Å²) in [7, 11) is 1.78. The predicted octanol–water partition coefficient (Wildman–Crippen LogP) is 5.45. The highest BCUT2D eigenvalue weighted by molar-refractivity contribution is 6.35. The number of hydrogen-bond acceptors (Lipinski definition) is 5. The van der Waals surface area contributed by atoms with Gasteiger partial charge in [0.15, 0.2) is 5.60 Å². The Morgan fingerprint density at radius 3 is 2.21 bits per heavy atom. The fourth-order valence-corrected chi connectivity index (χ4v) is 4.25.